The number of nitrogens with one attached hydrogen (secondary N) is 1. The number of hydrogen-bond donors (Lipinski definition) is 1. The van der Waals surface area contributed by atoms with E-state index in [1.807, 2.05) is 69.3 Å². The van der Waals surface area contributed by atoms with Crippen molar-refractivity contribution in [3.63, 3.8) is 0 Å². The van der Waals surface area contributed by atoms with Crippen LogP contribution in [0.25, 0.3) is 0 Å². The Labute approximate surface area is 172 Å². The largest absolute Gasteiger partial charge is 0.444 e. The van der Waals surface area contributed by atoms with Crippen molar-refractivity contribution in [1.29, 1.82) is 0 Å². The number of piperidine rings is 1. The summed E-state index contributed by atoms with van der Waals surface area (Å²) in [6.07, 6.45) is 2.66. The third-order valence-corrected chi connectivity index (χ3v) is 4.92. The molecule has 6 nitrogen and oxygen atoms in total. The molecule has 0 aliphatic carbocycles. The number of carbonyl (C=O) groups excluding carboxylic acids is 2. The van der Waals surface area contributed by atoms with Crippen LogP contribution in [0.1, 0.15) is 50.9 Å². The lowest BCUT2D eigenvalue weighted by atomic mass is 9.94. The van der Waals surface area contributed by atoms with Crippen LogP contribution in [0.3, 0.4) is 0 Å². The summed E-state index contributed by atoms with van der Waals surface area (Å²) in [5.41, 5.74) is 1.28. The zero-order chi connectivity index (χ0) is 20.9. The first-order chi connectivity index (χ1) is 13.8. The van der Waals surface area contributed by atoms with Gasteiger partial charge in [-0.3, -0.25) is 9.78 Å². The van der Waals surface area contributed by atoms with E-state index in [0.29, 0.717) is 25.9 Å². The Bertz CT molecular complexity index is 771. The van der Waals surface area contributed by atoms with E-state index >= 15 is 0 Å². The molecule has 1 unspecified atom stereocenters. The number of likely N-dealkylation sites (tertiary alicyclic amines) is 1. The maximum Gasteiger partial charge on any atom is 0.410 e. The van der Waals surface area contributed by atoms with E-state index in [1.54, 1.807) is 11.1 Å². The molecule has 154 valence electrons. The number of rotatable bonds is 4. The van der Waals surface area contributed by atoms with Gasteiger partial charge in [0, 0.05) is 25.2 Å². The number of pyridine rings is 1. The van der Waals surface area contributed by atoms with Gasteiger partial charge in [0.2, 0.25) is 5.91 Å². The van der Waals surface area contributed by atoms with Gasteiger partial charge in [0.05, 0.1) is 11.7 Å². The second kappa shape index (κ2) is 9.07. The van der Waals surface area contributed by atoms with Crippen molar-refractivity contribution in [3.8, 4) is 0 Å². The molecule has 0 saturated carbocycles. The molecule has 6 heteroatoms. The topological polar surface area (TPSA) is 71.5 Å². The predicted molar refractivity (Wildman–Crippen MR) is 111 cm³/mol. The smallest absolute Gasteiger partial charge is 0.410 e. The van der Waals surface area contributed by atoms with E-state index in [0.717, 1.165) is 11.3 Å². The molecule has 2 heterocycles. The van der Waals surface area contributed by atoms with E-state index < -0.39 is 5.60 Å². The Morgan fingerprint density at radius 3 is 2.31 bits per heavy atom. The number of ether oxygens (including phenoxy) is 1. The van der Waals surface area contributed by atoms with E-state index in [1.165, 1.54) is 0 Å². The zero-order valence-corrected chi connectivity index (χ0v) is 17.3. The first kappa shape index (κ1) is 20.8. The number of nitrogens with zero attached hydrogens (tertiary/aromatic N) is 2. The van der Waals surface area contributed by atoms with Gasteiger partial charge in [0.1, 0.15) is 5.60 Å². The SMILES string of the molecule is CC(C)(C)OC(=O)N1CCC(C(=O)NC(c2ccccc2)c2ccccn2)CC1. The lowest BCUT2D eigenvalue weighted by molar-refractivity contribution is -0.127. The summed E-state index contributed by atoms with van der Waals surface area (Å²) in [7, 11) is 0. The monoisotopic (exact) mass is 395 g/mol. The van der Waals surface area contributed by atoms with Crippen molar-refractivity contribution in [2.75, 3.05) is 13.1 Å². The highest BCUT2D eigenvalue weighted by atomic mass is 16.6. The molecule has 0 radical (unpaired) electrons. The number of amides is 2. The highest BCUT2D eigenvalue weighted by Crippen LogP contribution is 2.24. The second-order valence-corrected chi connectivity index (χ2v) is 8.35. The molecule has 1 N–H and O–H groups in total. The van der Waals surface area contributed by atoms with Crippen LogP contribution in [0.5, 0.6) is 0 Å². The van der Waals surface area contributed by atoms with E-state index in [2.05, 4.69) is 10.3 Å². The van der Waals surface area contributed by atoms with Crippen LogP contribution in [0.15, 0.2) is 54.7 Å². The van der Waals surface area contributed by atoms with Gasteiger partial charge in [0.25, 0.3) is 0 Å². The first-order valence-corrected chi connectivity index (χ1v) is 10.1. The van der Waals surface area contributed by atoms with Crippen molar-refractivity contribution in [1.82, 2.24) is 15.2 Å². The quantitative estimate of drug-likeness (QED) is 0.851. The van der Waals surface area contributed by atoms with Crippen molar-refractivity contribution < 1.29 is 14.3 Å². The Hall–Kier alpha value is -2.89. The average Bonchev–Trinajstić information content (AvgIpc) is 2.72. The summed E-state index contributed by atoms with van der Waals surface area (Å²) >= 11 is 0. The third kappa shape index (κ3) is 5.79. The number of benzene rings is 1. The van der Waals surface area contributed by atoms with Gasteiger partial charge < -0.3 is 15.0 Å². The molecule has 1 atom stereocenters. The van der Waals surface area contributed by atoms with Crippen molar-refractivity contribution in [2.45, 2.75) is 45.3 Å². The third-order valence-electron chi connectivity index (χ3n) is 4.92. The molecular formula is C23H29N3O3. The fourth-order valence-electron chi connectivity index (χ4n) is 3.43. The highest BCUT2D eigenvalue weighted by Gasteiger charge is 2.31. The van der Waals surface area contributed by atoms with Crippen LogP contribution in [0, 0.1) is 5.92 Å². The van der Waals surface area contributed by atoms with Crippen LogP contribution >= 0.6 is 0 Å². The Balaban J connectivity index is 1.63. The molecule has 1 saturated heterocycles. The number of carbonyl (C=O) groups is 2. The minimum absolute atomic E-state index is 0.00616. The van der Waals surface area contributed by atoms with Crippen LogP contribution in [0.4, 0.5) is 4.79 Å². The van der Waals surface area contributed by atoms with Crippen LogP contribution in [0.2, 0.25) is 0 Å². The van der Waals surface area contributed by atoms with Crippen molar-refractivity contribution in [2.24, 2.45) is 5.92 Å². The van der Waals surface area contributed by atoms with Gasteiger partial charge in [-0.2, -0.15) is 0 Å². The van der Waals surface area contributed by atoms with Crippen LogP contribution in [-0.2, 0) is 9.53 Å². The van der Waals surface area contributed by atoms with Gasteiger partial charge in [0.15, 0.2) is 0 Å². The predicted octanol–water partition coefficient (Wildman–Crippen LogP) is 3.93. The van der Waals surface area contributed by atoms with Crippen molar-refractivity contribution in [3.05, 3.63) is 66.0 Å². The molecule has 29 heavy (non-hydrogen) atoms. The van der Waals surface area contributed by atoms with Gasteiger partial charge in [-0.25, -0.2) is 4.79 Å². The van der Waals surface area contributed by atoms with E-state index in [-0.39, 0.29) is 24.0 Å². The maximum atomic E-state index is 13.0. The molecule has 3 rings (SSSR count). The molecular weight excluding hydrogens is 366 g/mol. The molecule has 2 aromatic rings. The maximum absolute atomic E-state index is 13.0. The van der Waals surface area contributed by atoms with E-state index in [4.69, 9.17) is 4.74 Å². The van der Waals surface area contributed by atoms with Gasteiger partial charge in [-0.1, -0.05) is 36.4 Å². The Morgan fingerprint density at radius 1 is 1.07 bits per heavy atom. The summed E-state index contributed by atoms with van der Waals surface area (Å²) in [4.78, 5) is 31.3. The molecule has 0 bridgehead atoms. The van der Waals surface area contributed by atoms with Crippen LogP contribution < -0.4 is 5.32 Å². The standard InChI is InChI=1S/C23H29N3O3/c1-23(2,3)29-22(28)26-15-12-18(13-16-26)21(27)25-20(17-9-5-4-6-10-17)19-11-7-8-14-24-19/h4-11,14,18,20H,12-13,15-16H2,1-3H3,(H,25,27). The van der Waals surface area contributed by atoms with E-state index in [9.17, 15) is 9.59 Å². The minimum atomic E-state index is -0.517. The lowest BCUT2D eigenvalue weighted by Gasteiger charge is -2.33. The zero-order valence-electron chi connectivity index (χ0n) is 17.3. The number of aromatic nitrogens is 1. The van der Waals surface area contributed by atoms with Gasteiger partial charge in [-0.05, 0) is 51.3 Å². The number of hydrogen-bond acceptors (Lipinski definition) is 4. The first-order valence-electron chi connectivity index (χ1n) is 10.1. The molecule has 1 fully saturated rings. The molecule has 1 aromatic heterocycles. The lowest BCUT2D eigenvalue weighted by Crippen LogP contribution is -2.45. The van der Waals surface area contributed by atoms with Gasteiger partial charge >= 0.3 is 6.09 Å². The summed E-state index contributed by atoms with van der Waals surface area (Å²) in [5, 5.41) is 3.17. The second-order valence-electron chi connectivity index (χ2n) is 8.35. The fraction of sp³-hybridized carbons (Fsp3) is 0.435. The summed E-state index contributed by atoms with van der Waals surface area (Å²) in [5.74, 6) is -0.142. The summed E-state index contributed by atoms with van der Waals surface area (Å²) < 4.78 is 5.43. The molecule has 2 amide bonds. The molecule has 1 aliphatic heterocycles. The Morgan fingerprint density at radius 2 is 1.72 bits per heavy atom. The molecule has 0 spiro atoms. The van der Waals surface area contributed by atoms with Gasteiger partial charge in [-0.15, -0.1) is 0 Å². The molecule has 1 aliphatic rings. The highest BCUT2D eigenvalue weighted by molar-refractivity contribution is 5.80. The Kier molecular flexibility index (Phi) is 6.52. The fourth-order valence-corrected chi connectivity index (χ4v) is 3.43. The molecule has 1 aromatic carbocycles. The van der Waals surface area contributed by atoms with Crippen molar-refractivity contribution >= 4 is 12.0 Å². The minimum Gasteiger partial charge on any atom is -0.444 e. The summed E-state index contributed by atoms with van der Waals surface area (Å²) in [6, 6.07) is 15.2. The van der Waals surface area contributed by atoms with Crippen LogP contribution in [-0.4, -0.2) is 40.6 Å². The normalized spacial score (nSPS) is 16.2. The summed E-state index contributed by atoms with van der Waals surface area (Å²) in [6.45, 7) is 6.60. The average molecular weight is 396 g/mol.